The van der Waals surface area contributed by atoms with Crippen molar-refractivity contribution in [1.29, 1.82) is 0 Å². The van der Waals surface area contributed by atoms with E-state index in [4.69, 9.17) is 9.47 Å². The first-order valence-corrected chi connectivity index (χ1v) is 28.2. The molecule has 0 amide bonds. The number of carbonyl (C=O) groups excluding carboxylic acids is 1. The average molecular weight is 922 g/mol. The third kappa shape index (κ3) is 34.0. The zero-order chi connectivity index (χ0) is 46.7. The number of ether oxygens (including phenoxy) is 2. The van der Waals surface area contributed by atoms with Crippen molar-refractivity contribution < 1.29 is 14.3 Å². The minimum absolute atomic E-state index is 0.128. The van der Waals surface area contributed by atoms with E-state index < -0.39 is 0 Å². The summed E-state index contributed by atoms with van der Waals surface area (Å²) < 4.78 is 14.7. The van der Waals surface area contributed by atoms with E-state index in [1.165, 1.54) is 160 Å². The third-order valence-corrected chi connectivity index (χ3v) is 14.0. The maximum absolute atomic E-state index is 13.2. The fraction of sp³-hybridized carbons (Fsp3) is 0.780. The standard InChI is InChI=1S/C59H104N2O3S/c1-5-8-11-13-15-17-19-21-23-25-27-29-31-33-35-38-45-63-51-58(64-46-39-36-34-32-30-28-26-24-22-20-18-16-14-12-9-6-2)44-41-53(4)47-54-42-43-55(59(54)40-37-10-7-3)48-57(62)49-56-50-61(65)52-60-56/h10,15,17,21-24,37,50,54-55,58-60,65H,4-9,11-14,16,18-20,25-36,38-49,51-52H2,1-3H3/b17-15-,23-21-,24-22-,37-10-. The fourth-order valence-electron chi connectivity index (χ4n) is 9.75. The zero-order valence-corrected chi connectivity index (χ0v) is 43.8. The summed E-state index contributed by atoms with van der Waals surface area (Å²) in [5.74, 6) is 1.94. The number of carbonyl (C=O) groups is 1. The quantitative estimate of drug-likeness (QED) is 0.0362. The molecule has 0 aromatic carbocycles. The van der Waals surface area contributed by atoms with Gasteiger partial charge in [0.1, 0.15) is 5.78 Å². The normalized spacial score (nSPS) is 18.3. The molecule has 4 unspecified atom stereocenters. The van der Waals surface area contributed by atoms with Crippen molar-refractivity contribution in [2.24, 2.45) is 17.8 Å². The molecule has 2 aliphatic rings. The monoisotopic (exact) mass is 921 g/mol. The molecule has 1 fully saturated rings. The van der Waals surface area contributed by atoms with Crippen LogP contribution in [0, 0.1) is 17.8 Å². The lowest BCUT2D eigenvalue weighted by molar-refractivity contribution is -0.119. The highest BCUT2D eigenvalue weighted by Gasteiger charge is 2.36. The molecule has 65 heavy (non-hydrogen) atoms. The molecule has 374 valence electrons. The number of thiol groups is 1. The summed E-state index contributed by atoms with van der Waals surface area (Å²) in [6.45, 7) is 14.4. The van der Waals surface area contributed by atoms with Gasteiger partial charge in [-0.15, -0.1) is 0 Å². The van der Waals surface area contributed by atoms with Gasteiger partial charge >= 0.3 is 0 Å². The first-order chi connectivity index (χ1) is 32.0. The van der Waals surface area contributed by atoms with Crippen LogP contribution < -0.4 is 5.32 Å². The number of ketones is 1. The van der Waals surface area contributed by atoms with Gasteiger partial charge in [0.25, 0.3) is 0 Å². The molecule has 0 radical (unpaired) electrons. The minimum atomic E-state index is 0.128. The van der Waals surface area contributed by atoms with Gasteiger partial charge < -0.3 is 19.1 Å². The molecule has 5 nitrogen and oxygen atoms in total. The Bertz CT molecular complexity index is 1290. The number of rotatable bonds is 46. The van der Waals surface area contributed by atoms with Gasteiger partial charge in [-0.05, 0) is 133 Å². The van der Waals surface area contributed by atoms with Crippen molar-refractivity contribution >= 4 is 18.6 Å². The first kappa shape index (κ1) is 59.1. The van der Waals surface area contributed by atoms with E-state index in [1.807, 2.05) is 6.20 Å². The van der Waals surface area contributed by atoms with Crippen LogP contribution in [0.1, 0.15) is 245 Å². The summed E-state index contributed by atoms with van der Waals surface area (Å²) in [6, 6.07) is 0. The van der Waals surface area contributed by atoms with Crippen molar-refractivity contribution in [1.82, 2.24) is 9.62 Å². The summed E-state index contributed by atoms with van der Waals surface area (Å²) in [6.07, 6.45) is 63.3. The van der Waals surface area contributed by atoms with Gasteiger partial charge in [-0.1, -0.05) is 191 Å². The van der Waals surface area contributed by atoms with Gasteiger partial charge in [-0.3, -0.25) is 4.79 Å². The van der Waals surface area contributed by atoms with Crippen molar-refractivity contribution in [3.05, 3.63) is 72.7 Å². The van der Waals surface area contributed by atoms with Gasteiger partial charge in [-0.25, -0.2) is 0 Å². The summed E-state index contributed by atoms with van der Waals surface area (Å²) in [7, 11) is 0. The van der Waals surface area contributed by atoms with Gasteiger partial charge in [0.05, 0.1) is 19.4 Å². The number of nitrogens with one attached hydrogen (secondary N) is 1. The molecule has 0 spiro atoms. The fourth-order valence-corrected chi connectivity index (χ4v) is 9.96. The van der Waals surface area contributed by atoms with Gasteiger partial charge in [-0.2, -0.15) is 0 Å². The van der Waals surface area contributed by atoms with Crippen LogP contribution >= 0.6 is 12.8 Å². The molecule has 0 bridgehead atoms. The summed E-state index contributed by atoms with van der Waals surface area (Å²) >= 11 is 4.39. The highest BCUT2D eigenvalue weighted by Crippen LogP contribution is 2.45. The van der Waals surface area contributed by atoms with Crippen molar-refractivity contribution in [2.75, 3.05) is 26.5 Å². The highest BCUT2D eigenvalue weighted by molar-refractivity contribution is 7.77. The third-order valence-electron chi connectivity index (χ3n) is 13.8. The Labute approximate surface area is 409 Å². The number of nitrogens with zero attached hydrogens (tertiary/aromatic N) is 1. The Balaban J connectivity index is 1.72. The van der Waals surface area contributed by atoms with Crippen molar-refractivity contribution in [3.63, 3.8) is 0 Å². The molecular formula is C59H104N2O3S. The molecule has 6 heteroatoms. The molecule has 1 saturated carbocycles. The predicted molar refractivity (Wildman–Crippen MR) is 287 cm³/mol. The molecule has 4 atom stereocenters. The van der Waals surface area contributed by atoms with Crippen molar-refractivity contribution in [2.45, 2.75) is 252 Å². The van der Waals surface area contributed by atoms with Crippen LogP contribution in [-0.2, 0) is 14.3 Å². The van der Waals surface area contributed by atoms with Crippen LogP contribution in [0.4, 0.5) is 0 Å². The van der Waals surface area contributed by atoms with Crippen LogP contribution in [0.5, 0.6) is 0 Å². The molecule has 0 aromatic rings. The molecule has 1 N–H and O–H groups in total. The van der Waals surface area contributed by atoms with E-state index in [9.17, 15) is 4.79 Å². The SMILES string of the molecule is C=C(CCC(COCCCCCCCC/C=C\C/C=C\CCCCC)OCCCCCCCC/C=C\CCCCCCCC)CC1CCC(CC(=O)CC2=CN(S)CN2)C1C/C=C\CC. The average Bonchev–Trinajstić information content (AvgIpc) is 3.88. The van der Waals surface area contributed by atoms with Crippen LogP contribution in [0.15, 0.2) is 72.7 Å². The van der Waals surface area contributed by atoms with Crippen LogP contribution in [0.3, 0.4) is 0 Å². The topological polar surface area (TPSA) is 50.8 Å². The Morgan fingerprint density at radius 3 is 1.80 bits per heavy atom. The van der Waals surface area contributed by atoms with Gasteiger partial charge in [0.2, 0.25) is 0 Å². The van der Waals surface area contributed by atoms with Crippen LogP contribution in [0.25, 0.3) is 0 Å². The lowest BCUT2D eigenvalue weighted by Gasteiger charge is -2.25. The molecule has 1 aliphatic carbocycles. The van der Waals surface area contributed by atoms with E-state index in [0.29, 0.717) is 49.7 Å². The maximum Gasteiger partial charge on any atom is 0.139 e. The lowest BCUT2D eigenvalue weighted by Crippen LogP contribution is -2.22. The maximum atomic E-state index is 13.2. The Kier molecular flexibility index (Phi) is 39.3. The number of unbranched alkanes of at least 4 members (excludes halogenated alkanes) is 21. The molecule has 1 heterocycles. The Morgan fingerprint density at radius 1 is 0.692 bits per heavy atom. The minimum Gasteiger partial charge on any atom is -0.379 e. The Hall–Kier alpha value is -2.02. The lowest BCUT2D eigenvalue weighted by atomic mass is 9.80. The number of allylic oxidation sites excluding steroid dienone is 10. The van der Waals surface area contributed by atoms with Crippen molar-refractivity contribution in [3.8, 4) is 0 Å². The molecule has 0 aromatic heterocycles. The van der Waals surface area contributed by atoms with Gasteiger partial charge in [0, 0.05) is 38.0 Å². The number of Topliss-reactive ketones (excluding diaryl/α,β-unsaturated/α-hetero) is 1. The Morgan fingerprint density at radius 2 is 1.22 bits per heavy atom. The summed E-state index contributed by atoms with van der Waals surface area (Å²) in [5.41, 5.74) is 2.34. The van der Waals surface area contributed by atoms with E-state index in [1.54, 1.807) is 4.31 Å². The summed E-state index contributed by atoms with van der Waals surface area (Å²) in [4.78, 5) is 13.2. The highest BCUT2D eigenvalue weighted by atomic mass is 32.1. The second-order valence-electron chi connectivity index (χ2n) is 19.8. The van der Waals surface area contributed by atoms with E-state index >= 15 is 0 Å². The number of hydrogen-bond acceptors (Lipinski definition) is 6. The molecule has 1 aliphatic heterocycles. The molecule has 2 rings (SSSR count). The van der Waals surface area contributed by atoms with E-state index in [-0.39, 0.29) is 6.10 Å². The largest absolute Gasteiger partial charge is 0.379 e. The van der Waals surface area contributed by atoms with E-state index in [2.05, 4.69) is 94.1 Å². The predicted octanol–water partition coefficient (Wildman–Crippen LogP) is 17.9. The number of hydrogen-bond donors (Lipinski definition) is 2. The second kappa shape index (κ2) is 43.3. The van der Waals surface area contributed by atoms with E-state index in [0.717, 1.165) is 76.7 Å². The smallest absolute Gasteiger partial charge is 0.139 e. The zero-order valence-electron chi connectivity index (χ0n) is 42.9. The summed E-state index contributed by atoms with van der Waals surface area (Å²) in [5, 5.41) is 3.30. The molecular weight excluding hydrogens is 817 g/mol. The van der Waals surface area contributed by atoms with Crippen LogP contribution in [-0.4, -0.2) is 42.7 Å². The van der Waals surface area contributed by atoms with Gasteiger partial charge in [0.15, 0.2) is 0 Å². The molecule has 0 saturated heterocycles. The second-order valence-corrected chi connectivity index (χ2v) is 20.3. The van der Waals surface area contributed by atoms with Crippen LogP contribution in [0.2, 0.25) is 0 Å². The first-order valence-electron chi connectivity index (χ1n) is 27.8.